The summed E-state index contributed by atoms with van der Waals surface area (Å²) in [7, 11) is 3.45. The van der Waals surface area contributed by atoms with Crippen molar-refractivity contribution in [2.24, 2.45) is 14.1 Å². The number of carbonyl (C=O) groups is 1. The third-order valence-corrected chi connectivity index (χ3v) is 5.00. The van der Waals surface area contributed by atoms with Crippen LogP contribution in [0.3, 0.4) is 0 Å². The number of nitrogens with zero attached hydrogens (tertiary/aromatic N) is 5. The van der Waals surface area contributed by atoms with E-state index in [0.717, 1.165) is 5.56 Å². The molecule has 0 saturated heterocycles. The fraction of sp³-hybridized carbons (Fsp3) is 0.190. The van der Waals surface area contributed by atoms with Crippen molar-refractivity contribution in [3.05, 3.63) is 57.7 Å². The smallest absolute Gasteiger partial charge is 0.274 e. The molecule has 0 radical (unpaired) electrons. The van der Waals surface area contributed by atoms with Gasteiger partial charge >= 0.3 is 0 Å². The number of halogens is 1. The van der Waals surface area contributed by atoms with Crippen molar-refractivity contribution >= 4 is 46.1 Å². The van der Waals surface area contributed by atoms with Gasteiger partial charge in [0, 0.05) is 39.5 Å². The second kappa shape index (κ2) is 8.31. The van der Waals surface area contributed by atoms with Crippen LogP contribution in [0.15, 0.2) is 41.6 Å². The van der Waals surface area contributed by atoms with E-state index in [1.807, 2.05) is 6.92 Å². The van der Waals surface area contributed by atoms with Crippen LogP contribution in [0.1, 0.15) is 12.5 Å². The van der Waals surface area contributed by atoms with Crippen LogP contribution in [-0.4, -0.2) is 30.0 Å². The molecule has 0 spiro atoms. The standard InChI is InChI=1S/C21H20ClN7O3/c1-11-7-14(20(31)28(3)10-11)26-21-27-19-18(29(21)4)17(22)15(9-24-19)32-13-5-6-23-16(8-13)25-12(2)30/h5-10H,1-4H3,(H,23,25,30)(H,24,26,27). The average Bonchev–Trinajstić information content (AvgIpc) is 3.04. The van der Waals surface area contributed by atoms with E-state index < -0.39 is 0 Å². The summed E-state index contributed by atoms with van der Waals surface area (Å²) in [5.41, 5.74) is 2.06. The number of nitrogens with one attached hydrogen (secondary N) is 2. The van der Waals surface area contributed by atoms with Crippen molar-refractivity contribution in [1.82, 2.24) is 24.1 Å². The second-order valence-corrected chi connectivity index (χ2v) is 7.61. The summed E-state index contributed by atoms with van der Waals surface area (Å²) >= 11 is 6.61. The van der Waals surface area contributed by atoms with Crippen LogP contribution in [0.5, 0.6) is 11.5 Å². The third-order valence-electron chi connectivity index (χ3n) is 4.63. The maximum Gasteiger partial charge on any atom is 0.274 e. The maximum absolute atomic E-state index is 12.4. The van der Waals surface area contributed by atoms with Gasteiger partial charge in [0.2, 0.25) is 11.9 Å². The lowest BCUT2D eigenvalue weighted by Crippen LogP contribution is -2.20. The number of aryl methyl sites for hydroxylation is 3. The first kappa shape index (κ1) is 21.3. The van der Waals surface area contributed by atoms with Crippen molar-refractivity contribution in [2.75, 3.05) is 10.6 Å². The summed E-state index contributed by atoms with van der Waals surface area (Å²) in [6.45, 7) is 3.29. The summed E-state index contributed by atoms with van der Waals surface area (Å²) < 4.78 is 9.08. The van der Waals surface area contributed by atoms with E-state index in [1.165, 1.54) is 23.9 Å². The van der Waals surface area contributed by atoms with Crippen LogP contribution in [0.2, 0.25) is 5.02 Å². The van der Waals surface area contributed by atoms with Gasteiger partial charge in [-0.1, -0.05) is 11.6 Å². The second-order valence-electron chi connectivity index (χ2n) is 7.24. The van der Waals surface area contributed by atoms with Crippen LogP contribution in [-0.2, 0) is 18.9 Å². The Morgan fingerprint density at radius 2 is 2.00 bits per heavy atom. The van der Waals surface area contributed by atoms with Gasteiger partial charge in [0.15, 0.2) is 11.4 Å². The average molecular weight is 454 g/mol. The minimum absolute atomic E-state index is 0.182. The molecular formula is C21H20ClN7O3. The first-order chi connectivity index (χ1) is 15.2. The Morgan fingerprint density at radius 3 is 2.75 bits per heavy atom. The number of anilines is 3. The Balaban J connectivity index is 1.69. The molecule has 0 bridgehead atoms. The van der Waals surface area contributed by atoms with Crippen LogP contribution in [0, 0.1) is 6.92 Å². The molecule has 0 saturated carbocycles. The van der Waals surface area contributed by atoms with Crippen molar-refractivity contribution in [2.45, 2.75) is 13.8 Å². The summed E-state index contributed by atoms with van der Waals surface area (Å²) in [5, 5.41) is 5.96. The highest BCUT2D eigenvalue weighted by atomic mass is 35.5. The van der Waals surface area contributed by atoms with E-state index in [0.29, 0.717) is 45.1 Å². The number of fused-ring (bicyclic) bond motifs is 1. The topological polar surface area (TPSA) is 116 Å². The Bertz CT molecular complexity index is 1410. The first-order valence-corrected chi connectivity index (χ1v) is 9.97. The molecular weight excluding hydrogens is 434 g/mol. The van der Waals surface area contributed by atoms with E-state index in [4.69, 9.17) is 16.3 Å². The van der Waals surface area contributed by atoms with Gasteiger partial charge in [-0.15, -0.1) is 0 Å². The van der Waals surface area contributed by atoms with Crippen molar-refractivity contribution in [3.63, 3.8) is 0 Å². The molecule has 4 heterocycles. The molecule has 11 heteroatoms. The highest BCUT2D eigenvalue weighted by Gasteiger charge is 2.18. The Morgan fingerprint density at radius 1 is 1.22 bits per heavy atom. The van der Waals surface area contributed by atoms with Gasteiger partial charge in [0.25, 0.3) is 5.56 Å². The minimum atomic E-state index is -0.242. The fourth-order valence-corrected chi connectivity index (χ4v) is 3.54. The molecule has 0 unspecified atom stereocenters. The highest BCUT2D eigenvalue weighted by molar-refractivity contribution is 6.36. The molecule has 4 aromatic rings. The molecule has 0 aromatic carbocycles. The van der Waals surface area contributed by atoms with Crippen LogP contribution < -0.4 is 20.9 Å². The minimum Gasteiger partial charge on any atom is -0.454 e. The zero-order chi connectivity index (χ0) is 23.0. The quantitative estimate of drug-likeness (QED) is 0.475. The molecule has 32 heavy (non-hydrogen) atoms. The number of amides is 1. The number of imidazole rings is 1. The molecule has 164 valence electrons. The third kappa shape index (κ3) is 4.12. The maximum atomic E-state index is 12.4. The van der Waals surface area contributed by atoms with Crippen LogP contribution in [0.4, 0.5) is 17.5 Å². The Kier molecular flexibility index (Phi) is 5.54. The lowest BCUT2D eigenvalue weighted by molar-refractivity contribution is -0.114. The van der Waals surface area contributed by atoms with Gasteiger partial charge in [-0.3, -0.25) is 9.59 Å². The van der Waals surface area contributed by atoms with E-state index in [9.17, 15) is 9.59 Å². The van der Waals surface area contributed by atoms with Crippen LogP contribution >= 0.6 is 11.6 Å². The number of ether oxygens (including phenoxy) is 1. The largest absolute Gasteiger partial charge is 0.454 e. The molecule has 0 atom stereocenters. The first-order valence-electron chi connectivity index (χ1n) is 9.59. The molecule has 0 aliphatic carbocycles. The Labute approximate surface area is 187 Å². The number of aromatic nitrogens is 5. The number of rotatable bonds is 5. The molecule has 1 amide bonds. The molecule has 10 nitrogen and oxygen atoms in total. The van der Waals surface area contributed by atoms with Crippen molar-refractivity contribution < 1.29 is 9.53 Å². The van der Waals surface area contributed by atoms with Gasteiger partial charge in [0.05, 0.1) is 6.20 Å². The molecule has 0 aliphatic rings. The van der Waals surface area contributed by atoms with E-state index in [-0.39, 0.29) is 11.5 Å². The summed E-state index contributed by atoms with van der Waals surface area (Å²) in [5.74, 6) is 1.25. The highest BCUT2D eigenvalue weighted by Crippen LogP contribution is 2.35. The molecule has 0 aliphatic heterocycles. The van der Waals surface area contributed by atoms with Crippen LogP contribution in [0.25, 0.3) is 11.2 Å². The Hall–Kier alpha value is -3.92. The van der Waals surface area contributed by atoms with E-state index in [2.05, 4.69) is 25.6 Å². The number of pyridine rings is 3. The summed E-state index contributed by atoms with van der Waals surface area (Å²) in [6, 6.07) is 4.96. The van der Waals surface area contributed by atoms with Gasteiger partial charge in [-0.2, -0.15) is 4.98 Å². The number of hydrogen-bond acceptors (Lipinski definition) is 7. The van der Waals surface area contributed by atoms with Gasteiger partial charge in [-0.05, 0) is 24.6 Å². The SMILES string of the molecule is CC(=O)Nc1cc(Oc2cnc3nc(Nc4cc(C)cn(C)c4=O)n(C)c3c2Cl)ccn1. The van der Waals surface area contributed by atoms with Gasteiger partial charge < -0.3 is 24.5 Å². The predicted molar refractivity (Wildman–Crippen MR) is 122 cm³/mol. The van der Waals surface area contributed by atoms with E-state index in [1.54, 1.807) is 43.1 Å². The number of hydrogen-bond donors (Lipinski definition) is 2. The van der Waals surface area contributed by atoms with E-state index >= 15 is 0 Å². The summed E-state index contributed by atoms with van der Waals surface area (Å²) in [4.78, 5) is 36.6. The monoisotopic (exact) mass is 453 g/mol. The van der Waals surface area contributed by atoms with Gasteiger partial charge in [0.1, 0.15) is 27.8 Å². The predicted octanol–water partition coefficient (Wildman–Crippen LogP) is 3.52. The normalized spacial score (nSPS) is 10.9. The lowest BCUT2D eigenvalue weighted by Gasteiger charge is -2.10. The zero-order valence-electron chi connectivity index (χ0n) is 17.8. The lowest BCUT2D eigenvalue weighted by atomic mass is 10.3. The number of carbonyl (C=O) groups excluding carboxylic acids is 1. The molecule has 0 fully saturated rings. The van der Waals surface area contributed by atoms with Crippen molar-refractivity contribution in [3.8, 4) is 11.5 Å². The van der Waals surface area contributed by atoms with Gasteiger partial charge in [-0.25, -0.2) is 9.97 Å². The molecule has 4 rings (SSSR count). The summed E-state index contributed by atoms with van der Waals surface area (Å²) in [6.07, 6.45) is 4.72. The van der Waals surface area contributed by atoms with Crippen molar-refractivity contribution in [1.29, 1.82) is 0 Å². The molecule has 2 N–H and O–H groups in total. The zero-order valence-corrected chi connectivity index (χ0v) is 18.6. The fourth-order valence-electron chi connectivity index (χ4n) is 3.24. The molecule has 4 aromatic heterocycles.